The van der Waals surface area contributed by atoms with Crippen LogP contribution in [0.1, 0.15) is 70.5 Å². The van der Waals surface area contributed by atoms with Crippen molar-refractivity contribution in [2.75, 3.05) is 14.2 Å². The third-order valence-corrected chi connectivity index (χ3v) is 4.82. The molecule has 23 heavy (non-hydrogen) atoms. The van der Waals surface area contributed by atoms with Crippen LogP contribution in [0, 0.1) is 5.92 Å². The van der Waals surface area contributed by atoms with Gasteiger partial charge in [-0.3, -0.25) is 4.99 Å². The molecule has 3 rings (SSSR count). The van der Waals surface area contributed by atoms with Gasteiger partial charge < -0.3 is 4.74 Å². The summed E-state index contributed by atoms with van der Waals surface area (Å²) in [5, 5.41) is 0. The summed E-state index contributed by atoms with van der Waals surface area (Å²) in [5.41, 5.74) is 7.06. The van der Waals surface area contributed by atoms with Crippen LogP contribution < -0.4 is 0 Å². The average Bonchev–Trinajstić information content (AvgIpc) is 3.10. The van der Waals surface area contributed by atoms with Gasteiger partial charge in [-0.2, -0.15) is 0 Å². The van der Waals surface area contributed by atoms with Crippen LogP contribution in [0.3, 0.4) is 0 Å². The van der Waals surface area contributed by atoms with Gasteiger partial charge in [0.05, 0.1) is 5.69 Å². The maximum absolute atomic E-state index is 4.88. The van der Waals surface area contributed by atoms with E-state index in [1.54, 1.807) is 14.2 Å². The van der Waals surface area contributed by atoms with Crippen LogP contribution in [-0.2, 0) is 11.2 Å². The fraction of sp³-hybridized carbons (Fsp3) is 0.571. The third kappa shape index (κ3) is 3.74. The molecule has 2 heteroatoms. The number of nitrogens with zero attached hydrogens (tertiary/aromatic N) is 1. The molecule has 0 radical (unpaired) electrons. The Morgan fingerprint density at radius 1 is 1.22 bits per heavy atom. The number of aliphatic imine (C=N–C) groups is 1. The first-order valence-electron chi connectivity index (χ1n) is 8.95. The number of hydrogen-bond donors (Lipinski definition) is 0. The molecule has 0 spiro atoms. The van der Waals surface area contributed by atoms with Crippen molar-refractivity contribution in [3.63, 3.8) is 0 Å². The third-order valence-electron chi connectivity index (χ3n) is 4.82. The molecular weight excluding hydrogens is 282 g/mol. The van der Waals surface area contributed by atoms with Gasteiger partial charge >= 0.3 is 0 Å². The summed E-state index contributed by atoms with van der Waals surface area (Å²) >= 11 is 0. The fourth-order valence-electron chi connectivity index (χ4n) is 4.04. The summed E-state index contributed by atoms with van der Waals surface area (Å²) in [6.07, 6.45) is 10.9. The minimum atomic E-state index is 0. The second-order valence-corrected chi connectivity index (χ2v) is 6.65. The highest BCUT2D eigenvalue weighted by atomic mass is 16.4. The first kappa shape index (κ1) is 17.9. The van der Waals surface area contributed by atoms with E-state index in [0.29, 0.717) is 5.92 Å². The molecule has 1 aliphatic carbocycles. The fourth-order valence-corrected chi connectivity index (χ4v) is 4.04. The number of methoxy groups -OCH3 is 1. The summed E-state index contributed by atoms with van der Waals surface area (Å²) in [6, 6.07) is 4.50. The molecule has 2 nitrogen and oxygen atoms in total. The lowest BCUT2D eigenvalue weighted by Gasteiger charge is -2.25. The van der Waals surface area contributed by atoms with Gasteiger partial charge in [-0.1, -0.05) is 44.9 Å². The van der Waals surface area contributed by atoms with Gasteiger partial charge in [0.1, 0.15) is 0 Å². The Bertz CT molecular complexity index is 586. The van der Waals surface area contributed by atoms with Crippen molar-refractivity contribution in [3.8, 4) is 0 Å². The number of ether oxygens (including phenoxy) is 1. The number of hydrogen-bond acceptors (Lipinski definition) is 2. The average molecular weight is 316 g/mol. The molecule has 1 aromatic carbocycles. The maximum Gasteiger partial charge on any atom is 0.0674 e. The van der Waals surface area contributed by atoms with Crippen molar-refractivity contribution in [2.24, 2.45) is 10.9 Å². The first-order valence-corrected chi connectivity index (χ1v) is 8.95. The molecule has 0 saturated heterocycles. The Kier molecular flexibility index (Phi) is 6.59. The number of benzene rings is 1. The van der Waals surface area contributed by atoms with Crippen molar-refractivity contribution >= 4 is 17.5 Å². The molecule has 1 aliphatic heterocycles. The molecule has 1 aromatic rings. The van der Waals surface area contributed by atoms with E-state index in [1.807, 2.05) is 0 Å². The molecule has 1 atom stereocenters. The van der Waals surface area contributed by atoms with Gasteiger partial charge in [-0.05, 0) is 54.9 Å². The van der Waals surface area contributed by atoms with E-state index in [9.17, 15) is 0 Å². The quantitative estimate of drug-likeness (QED) is 0.636. The van der Waals surface area contributed by atoms with Crippen molar-refractivity contribution < 1.29 is 6.16 Å². The minimum Gasteiger partial charge on any atom is -0.388 e. The van der Waals surface area contributed by atoms with E-state index in [4.69, 9.17) is 4.99 Å². The van der Waals surface area contributed by atoms with Gasteiger partial charge in [0.25, 0.3) is 0 Å². The normalized spacial score (nSPS) is 17.7. The predicted octanol–water partition coefficient (Wildman–Crippen LogP) is 6.17. The second kappa shape index (κ2) is 8.44. The molecule has 1 heterocycles. The monoisotopic (exact) mass is 315 g/mol. The summed E-state index contributed by atoms with van der Waals surface area (Å²) in [4.78, 5) is 4.88. The smallest absolute Gasteiger partial charge is 0.0674 e. The Balaban J connectivity index is 0.000000671. The molecule has 0 aromatic heterocycles. The van der Waals surface area contributed by atoms with Crippen LogP contribution in [0.4, 0.5) is 5.69 Å². The summed E-state index contributed by atoms with van der Waals surface area (Å²) in [7, 11) is 3.25. The Labute approximate surface area is 143 Å². The SMILES string of the molecule is CCCC(CCC)C1C(C)=Nc2ccc3c(c21)C=CC3.COC.[HH]. The van der Waals surface area contributed by atoms with Crippen molar-refractivity contribution in [1.29, 1.82) is 0 Å². The molecule has 2 aliphatic rings. The van der Waals surface area contributed by atoms with E-state index in [2.05, 4.69) is 49.8 Å². The summed E-state index contributed by atoms with van der Waals surface area (Å²) < 4.78 is 4.25. The van der Waals surface area contributed by atoms with Crippen LogP contribution in [-0.4, -0.2) is 19.9 Å². The lowest BCUT2D eigenvalue weighted by Crippen LogP contribution is -2.18. The van der Waals surface area contributed by atoms with E-state index < -0.39 is 0 Å². The maximum atomic E-state index is 4.88. The van der Waals surface area contributed by atoms with E-state index in [-0.39, 0.29) is 1.43 Å². The Morgan fingerprint density at radius 3 is 2.48 bits per heavy atom. The van der Waals surface area contributed by atoms with Crippen molar-refractivity contribution in [3.05, 3.63) is 34.9 Å². The zero-order valence-electron chi connectivity index (χ0n) is 15.4. The minimum absolute atomic E-state index is 0. The van der Waals surface area contributed by atoms with Gasteiger partial charge in [-0.15, -0.1) is 0 Å². The molecule has 1 unspecified atom stereocenters. The lowest BCUT2D eigenvalue weighted by atomic mass is 9.77. The van der Waals surface area contributed by atoms with Crippen LogP contribution in [0.15, 0.2) is 23.2 Å². The van der Waals surface area contributed by atoms with Crippen LogP contribution in [0.5, 0.6) is 0 Å². The first-order chi connectivity index (χ1) is 11.2. The molecule has 0 N–H and O–H groups in total. The van der Waals surface area contributed by atoms with Crippen LogP contribution in [0.2, 0.25) is 0 Å². The highest BCUT2D eigenvalue weighted by molar-refractivity contribution is 5.98. The standard InChI is InChI=1S/C19H25N.C2H6O.H2/c1-4-7-15(8-5-2)18-13(3)20-17-12-11-14-9-6-10-16(14)19(17)18;1-3-2;/h6,10-12,15,18H,4-5,7-9H2,1-3H3;1-2H3;1H. The number of allylic oxidation sites excluding steroid dienone is 1. The molecule has 128 valence electrons. The molecule has 0 amide bonds. The second-order valence-electron chi connectivity index (χ2n) is 6.65. The van der Waals surface area contributed by atoms with Gasteiger partial charge in [-0.25, -0.2) is 0 Å². The largest absolute Gasteiger partial charge is 0.388 e. The molecular formula is C21H33NO. The van der Waals surface area contributed by atoms with Crippen molar-refractivity contribution in [1.82, 2.24) is 0 Å². The van der Waals surface area contributed by atoms with Crippen LogP contribution in [0.25, 0.3) is 6.08 Å². The van der Waals surface area contributed by atoms with E-state index >= 15 is 0 Å². The molecule has 0 saturated carbocycles. The van der Waals surface area contributed by atoms with E-state index in [1.165, 1.54) is 53.8 Å². The summed E-state index contributed by atoms with van der Waals surface area (Å²) in [5.74, 6) is 1.32. The lowest BCUT2D eigenvalue weighted by molar-refractivity contribution is 0.277. The number of fused-ring (bicyclic) bond motifs is 3. The van der Waals surface area contributed by atoms with Gasteiger partial charge in [0, 0.05) is 27.3 Å². The zero-order valence-corrected chi connectivity index (χ0v) is 15.4. The summed E-state index contributed by atoms with van der Waals surface area (Å²) in [6.45, 7) is 6.84. The Hall–Kier alpha value is -1.41. The highest BCUT2D eigenvalue weighted by Gasteiger charge is 2.33. The van der Waals surface area contributed by atoms with Gasteiger partial charge in [0.2, 0.25) is 0 Å². The number of rotatable bonds is 5. The van der Waals surface area contributed by atoms with Gasteiger partial charge in [0.15, 0.2) is 0 Å². The topological polar surface area (TPSA) is 21.6 Å². The van der Waals surface area contributed by atoms with Crippen molar-refractivity contribution in [2.45, 2.75) is 58.8 Å². The van der Waals surface area contributed by atoms with E-state index in [0.717, 1.165) is 12.3 Å². The van der Waals surface area contributed by atoms with Crippen LogP contribution >= 0.6 is 0 Å². The zero-order chi connectivity index (χ0) is 16.8. The Morgan fingerprint density at radius 2 is 1.87 bits per heavy atom. The molecule has 0 bridgehead atoms. The molecule has 0 fully saturated rings. The predicted molar refractivity (Wildman–Crippen MR) is 103 cm³/mol. The highest BCUT2D eigenvalue weighted by Crippen LogP contribution is 2.46.